The maximum atomic E-state index is 11.7. The average Bonchev–Trinajstić information content (AvgIpc) is 2.98. The Morgan fingerprint density at radius 2 is 1.76 bits per heavy atom. The fourth-order valence-electron chi connectivity index (χ4n) is 4.10. The minimum atomic E-state index is -0.547. The number of aliphatic hydroxyl groups excluding tert-OH is 1. The van der Waals surface area contributed by atoms with Gasteiger partial charge >= 0.3 is 6.09 Å². The van der Waals surface area contributed by atoms with Gasteiger partial charge in [-0.2, -0.15) is 0 Å². The van der Waals surface area contributed by atoms with Crippen molar-refractivity contribution in [2.75, 3.05) is 19.5 Å². The van der Waals surface area contributed by atoms with Gasteiger partial charge in [-0.25, -0.2) is 4.79 Å². The maximum Gasteiger partial charge on any atom is 0.407 e. The highest BCUT2D eigenvalue weighted by atomic mass is 32.2. The van der Waals surface area contributed by atoms with Gasteiger partial charge in [0.2, 0.25) is 0 Å². The number of ether oxygens (including phenoxy) is 4. The fraction of sp³-hybridized carbons (Fsp3) is 0.300. The largest absolute Gasteiger partial charge is 0.496 e. The van der Waals surface area contributed by atoms with Crippen LogP contribution in [0.2, 0.25) is 0 Å². The van der Waals surface area contributed by atoms with Crippen LogP contribution in [-0.4, -0.2) is 36.8 Å². The summed E-state index contributed by atoms with van der Waals surface area (Å²) >= 11 is 1.70. The van der Waals surface area contributed by atoms with Crippen LogP contribution in [0, 0.1) is 0 Å². The first kappa shape index (κ1) is 27.7. The summed E-state index contributed by atoms with van der Waals surface area (Å²) in [5, 5.41) is 12.1. The van der Waals surface area contributed by atoms with E-state index < -0.39 is 12.4 Å². The smallest absolute Gasteiger partial charge is 0.407 e. The summed E-state index contributed by atoms with van der Waals surface area (Å²) in [6.07, 6.45) is 0.964. The second-order valence-corrected chi connectivity index (χ2v) is 9.86. The van der Waals surface area contributed by atoms with Gasteiger partial charge in [0.25, 0.3) is 0 Å². The molecule has 3 aromatic carbocycles. The van der Waals surface area contributed by atoms with Gasteiger partial charge in [0, 0.05) is 29.2 Å². The Kier molecular flexibility index (Phi) is 10.2. The van der Waals surface area contributed by atoms with E-state index in [1.807, 2.05) is 72.8 Å². The van der Waals surface area contributed by atoms with Crippen LogP contribution in [0.4, 0.5) is 4.79 Å². The fourth-order valence-corrected chi connectivity index (χ4v) is 5.14. The molecule has 2 N–H and O–H groups in total. The summed E-state index contributed by atoms with van der Waals surface area (Å²) in [4.78, 5) is 12.8. The number of benzene rings is 3. The quantitative estimate of drug-likeness (QED) is 0.232. The summed E-state index contributed by atoms with van der Waals surface area (Å²) in [6.45, 7) is 4.05. The molecule has 3 aromatic rings. The van der Waals surface area contributed by atoms with Crippen molar-refractivity contribution in [2.24, 2.45) is 0 Å². The molecule has 0 aromatic heterocycles. The number of carbonyl (C=O) groups is 1. The summed E-state index contributed by atoms with van der Waals surface area (Å²) in [7, 11) is 1.68. The molecule has 0 saturated carbocycles. The second-order valence-electron chi connectivity index (χ2n) is 8.79. The third kappa shape index (κ3) is 7.61. The summed E-state index contributed by atoms with van der Waals surface area (Å²) in [5.74, 6) is 1.58. The van der Waals surface area contributed by atoms with Gasteiger partial charge in [-0.1, -0.05) is 73.3 Å². The third-order valence-corrected chi connectivity index (χ3v) is 7.32. The molecule has 8 heteroatoms. The van der Waals surface area contributed by atoms with E-state index in [2.05, 4.69) is 11.9 Å². The lowest BCUT2D eigenvalue weighted by molar-refractivity contribution is -0.245. The van der Waals surface area contributed by atoms with Crippen molar-refractivity contribution >= 4 is 17.9 Å². The number of alkyl carbamates (subject to hydrolysis) is 1. The Bertz CT molecular complexity index is 1180. The van der Waals surface area contributed by atoms with E-state index in [0.29, 0.717) is 13.0 Å². The van der Waals surface area contributed by atoms with Crippen LogP contribution in [0.15, 0.2) is 90.3 Å². The Morgan fingerprint density at radius 3 is 2.47 bits per heavy atom. The first-order valence-corrected chi connectivity index (χ1v) is 13.4. The van der Waals surface area contributed by atoms with Crippen LogP contribution in [0.3, 0.4) is 0 Å². The van der Waals surface area contributed by atoms with E-state index in [1.165, 1.54) is 6.08 Å². The molecule has 1 amide bonds. The first-order chi connectivity index (χ1) is 18.6. The van der Waals surface area contributed by atoms with Crippen LogP contribution >= 0.6 is 11.8 Å². The van der Waals surface area contributed by atoms with Crippen molar-refractivity contribution in [3.8, 4) is 5.75 Å². The summed E-state index contributed by atoms with van der Waals surface area (Å²) in [6, 6.07) is 23.6. The molecular formula is C30H33NO6S. The number of hydrogen-bond donors (Lipinski definition) is 2. The maximum absolute atomic E-state index is 11.7. The molecule has 1 aliphatic rings. The van der Waals surface area contributed by atoms with E-state index >= 15 is 0 Å². The molecule has 0 spiro atoms. The van der Waals surface area contributed by atoms with Crippen molar-refractivity contribution in [1.82, 2.24) is 5.32 Å². The normalized spacial score (nSPS) is 18.9. The zero-order chi connectivity index (χ0) is 26.7. The van der Waals surface area contributed by atoms with Crippen LogP contribution in [0.25, 0.3) is 0 Å². The SMILES string of the molecule is C=CCOC(=O)NCc1ccc([C@@H]2O[C@H](CSc3ccccc3OC)C[C@H](c3ccc(CO)cc3)O2)cc1. The molecule has 1 aliphatic heterocycles. The van der Waals surface area contributed by atoms with Crippen LogP contribution in [0.1, 0.15) is 41.1 Å². The molecule has 7 nitrogen and oxygen atoms in total. The third-order valence-electron chi connectivity index (χ3n) is 6.13. The van der Waals surface area contributed by atoms with Crippen molar-refractivity contribution in [3.05, 3.63) is 108 Å². The van der Waals surface area contributed by atoms with E-state index in [-0.39, 0.29) is 25.4 Å². The number of amides is 1. The highest BCUT2D eigenvalue weighted by Gasteiger charge is 2.32. The van der Waals surface area contributed by atoms with Gasteiger partial charge in [-0.05, 0) is 28.8 Å². The topological polar surface area (TPSA) is 86.3 Å². The molecule has 0 aliphatic carbocycles. The lowest BCUT2D eigenvalue weighted by atomic mass is 10.0. The Hall–Kier alpha value is -3.30. The molecule has 1 heterocycles. The molecule has 0 unspecified atom stereocenters. The van der Waals surface area contributed by atoms with Crippen molar-refractivity contribution < 1.29 is 28.8 Å². The summed E-state index contributed by atoms with van der Waals surface area (Å²) in [5.41, 5.74) is 3.73. The standard InChI is InChI=1S/C30H33NO6S/c1-3-16-35-30(33)31-18-21-8-14-24(15-9-21)29-36-25(20-38-28-7-5-4-6-26(28)34-2)17-27(37-29)23-12-10-22(19-32)11-13-23/h3-15,25,27,29,32H,1,16-20H2,2H3,(H,31,33)/t25-,27+,29+/m0/s1. The van der Waals surface area contributed by atoms with Gasteiger partial charge in [0.1, 0.15) is 12.4 Å². The predicted octanol–water partition coefficient (Wildman–Crippen LogP) is 5.94. The number of aliphatic hydroxyl groups is 1. The second kappa shape index (κ2) is 14.0. The number of para-hydroxylation sites is 1. The molecular weight excluding hydrogens is 502 g/mol. The van der Waals surface area contributed by atoms with E-state index in [1.54, 1.807) is 18.9 Å². The van der Waals surface area contributed by atoms with Crippen molar-refractivity contribution in [1.29, 1.82) is 0 Å². The molecule has 3 atom stereocenters. The molecule has 4 rings (SSSR count). The average molecular weight is 536 g/mol. The lowest BCUT2D eigenvalue weighted by Gasteiger charge is -2.36. The monoisotopic (exact) mass is 535 g/mol. The number of carbonyl (C=O) groups excluding carboxylic acids is 1. The number of nitrogens with one attached hydrogen (secondary N) is 1. The lowest BCUT2D eigenvalue weighted by Crippen LogP contribution is -2.31. The molecule has 1 fully saturated rings. The Balaban J connectivity index is 1.46. The highest BCUT2D eigenvalue weighted by Crippen LogP contribution is 2.40. The van der Waals surface area contributed by atoms with Crippen LogP contribution in [0.5, 0.6) is 5.75 Å². The molecule has 0 radical (unpaired) electrons. The number of rotatable bonds is 11. The number of hydrogen-bond acceptors (Lipinski definition) is 7. The van der Waals surface area contributed by atoms with E-state index in [4.69, 9.17) is 18.9 Å². The zero-order valence-electron chi connectivity index (χ0n) is 21.4. The molecule has 38 heavy (non-hydrogen) atoms. The Morgan fingerprint density at radius 1 is 1.05 bits per heavy atom. The van der Waals surface area contributed by atoms with Gasteiger partial charge in [0.05, 0.1) is 25.9 Å². The summed E-state index contributed by atoms with van der Waals surface area (Å²) < 4.78 is 23.3. The Labute approximate surface area is 227 Å². The molecule has 1 saturated heterocycles. The zero-order valence-corrected chi connectivity index (χ0v) is 22.2. The van der Waals surface area contributed by atoms with Crippen LogP contribution in [-0.2, 0) is 27.4 Å². The van der Waals surface area contributed by atoms with Crippen LogP contribution < -0.4 is 10.1 Å². The van der Waals surface area contributed by atoms with Gasteiger partial charge in [0.15, 0.2) is 6.29 Å². The van der Waals surface area contributed by atoms with Crippen molar-refractivity contribution in [3.63, 3.8) is 0 Å². The van der Waals surface area contributed by atoms with E-state index in [0.717, 1.165) is 38.7 Å². The molecule has 200 valence electrons. The number of methoxy groups -OCH3 is 1. The predicted molar refractivity (Wildman–Crippen MR) is 147 cm³/mol. The minimum absolute atomic E-state index is 0.00287. The first-order valence-electron chi connectivity index (χ1n) is 12.5. The van der Waals surface area contributed by atoms with Gasteiger partial charge in [-0.15, -0.1) is 11.8 Å². The van der Waals surface area contributed by atoms with Gasteiger partial charge < -0.3 is 29.4 Å². The van der Waals surface area contributed by atoms with E-state index in [9.17, 15) is 9.90 Å². The van der Waals surface area contributed by atoms with Crippen molar-refractivity contribution in [2.45, 2.75) is 43.0 Å². The number of thioether (sulfide) groups is 1. The minimum Gasteiger partial charge on any atom is -0.496 e. The molecule has 0 bridgehead atoms. The van der Waals surface area contributed by atoms with Gasteiger partial charge in [-0.3, -0.25) is 0 Å². The highest BCUT2D eigenvalue weighted by molar-refractivity contribution is 7.99.